The highest BCUT2D eigenvalue weighted by molar-refractivity contribution is 5.13. The number of β-amino-alcohol motifs (C(OH)–C–C–N with tert-alkyl or cyclic N) is 2. The monoisotopic (exact) mass is 196 g/mol. The van der Waals surface area contributed by atoms with Gasteiger partial charge < -0.3 is 15.5 Å². The van der Waals surface area contributed by atoms with Crippen molar-refractivity contribution in [3.8, 4) is 12.3 Å². The third-order valence-corrected chi connectivity index (χ3v) is 3.17. The zero-order valence-corrected chi connectivity index (χ0v) is 8.11. The van der Waals surface area contributed by atoms with Gasteiger partial charge in [0.2, 0.25) is 0 Å². The van der Waals surface area contributed by atoms with Crippen molar-refractivity contribution < 1.29 is 10.2 Å². The summed E-state index contributed by atoms with van der Waals surface area (Å²) in [6.45, 7) is 2.66. The number of hydrogen-bond donors (Lipinski definition) is 3. The van der Waals surface area contributed by atoms with Gasteiger partial charge in [-0.2, -0.15) is 0 Å². The number of nitrogens with zero attached hydrogens (tertiary/aromatic N) is 1. The molecule has 0 bridgehead atoms. The SMILES string of the molecule is C#CC1(O)CCN([C@@H]2CNC[C@H]2O)C1. The fraction of sp³-hybridized carbons (Fsp3) is 0.800. The van der Waals surface area contributed by atoms with Crippen molar-refractivity contribution in [2.45, 2.75) is 24.2 Å². The normalized spacial score (nSPS) is 44.1. The average molecular weight is 196 g/mol. The van der Waals surface area contributed by atoms with Crippen LogP contribution in [0.4, 0.5) is 0 Å². The lowest BCUT2D eigenvalue weighted by molar-refractivity contribution is 0.0680. The third kappa shape index (κ3) is 1.64. The van der Waals surface area contributed by atoms with Crippen molar-refractivity contribution in [1.82, 2.24) is 10.2 Å². The predicted octanol–water partition coefficient (Wildman–Crippen LogP) is -1.61. The van der Waals surface area contributed by atoms with E-state index in [9.17, 15) is 10.2 Å². The molecule has 4 nitrogen and oxygen atoms in total. The molecule has 2 aliphatic heterocycles. The van der Waals surface area contributed by atoms with E-state index in [0.29, 0.717) is 19.5 Å². The molecule has 0 spiro atoms. The topological polar surface area (TPSA) is 55.7 Å². The van der Waals surface area contributed by atoms with Crippen LogP contribution in [0.1, 0.15) is 6.42 Å². The van der Waals surface area contributed by atoms with Gasteiger partial charge in [0.1, 0.15) is 5.60 Å². The fourth-order valence-electron chi connectivity index (χ4n) is 2.25. The third-order valence-electron chi connectivity index (χ3n) is 3.17. The molecule has 1 unspecified atom stereocenters. The molecule has 0 aromatic heterocycles. The van der Waals surface area contributed by atoms with Crippen LogP contribution in [-0.4, -0.2) is 59.0 Å². The van der Waals surface area contributed by atoms with Crippen LogP contribution in [0, 0.1) is 12.3 Å². The summed E-state index contributed by atoms with van der Waals surface area (Å²) in [5.41, 5.74) is -0.984. The summed E-state index contributed by atoms with van der Waals surface area (Å²) < 4.78 is 0. The van der Waals surface area contributed by atoms with Crippen LogP contribution in [0.25, 0.3) is 0 Å². The van der Waals surface area contributed by atoms with Crippen molar-refractivity contribution in [2.75, 3.05) is 26.2 Å². The fourth-order valence-corrected chi connectivity index (χ4v) is 2.25. The van der Waals surface area contributed by atoms with E-state index in [0.717, 1.165) is 13.1 Å². The molecule has 0 radical (unpaired) electrons. The average Bonchev–Trinajstić information content (AvgIpc) is 2.73. The molecule has 0 aliphatic carbocycles. The first-order chi connectivity index (χ1) is 6.64. The minimum atomic E-state index is -0.984. The largest absolute Gasteiger partial charge is 0.390 e. The quantitative estimate of drug-likeness (QED) is 0.442. The zero-order valence-electron chi connectivity index (χ0n) is 8.11. The highest BCUT2D eigenvalue weighted by Crippen LogP contribution is 2.24. The molecule has 0 amide bonds. The summed E-state index contributed by atoms with van der Waals surface area (Å²) in [5, 5.41) is 22.6. The van der Waals surface area contributed by atoms with Gasteiger partial charge in [-0.3, -0.25) is 4.90 Å². The Morgan fingerprint density at radius 3 is 2.79 bits per heavy atom. The number of aliphatic hydroxyl groups excluding tert-OH is 1. The van der Waals surface area contributed by atoms with E-state index < -0.39 is 5.60 Å². The van der Waals surface area contributed by atoms with Crippen molar-refractivity contribution in [2.24, 2.45) is 0 Å². The summed E-state index contributed by atoms with van der Waals surface area (Å²) in [4.78, 5) is 2.07. The van der Waals surface area contributed by atoms with E-state index in [2.05, 4.69) is 16.1 Å². The maximum atomic E-state index is 9.84. The van der Waals surface area contributed by atoms with E-state index >= 15 is 0 Å². The van der Waals surface area contributed by atoms with Crippen LogP contribution in [0.2, 0.25) is 0 Å². The van der Waals surface area contributed by atoms with Gasteiger partial charge in [-0.05, 0) is 0 Å². The van der Waals surface area contributed by atoms with Gasteiger partial charge in [0.25, 0.3) is 0 Å². The Kier molecular flexibility index (Phi) is 2.50. The van der Waals surface area contributed by atoms with Crippen molar-refractivity contribution >= 4 is 0 Å². The molecule has 78 valence electrons. The van der Waals surface area contributed by atoms with Gasteiger partial charge in [0.15, 0.2) is 0 Å². The first kappa shape index (κ1) is 9.94. The lowest BCUT2D eigenvalue weighted by atomic mass is 10.1. The molecule has 0 aromatic rings. The maximum absolute atomic E-state index is 9.84. The van der Waals surface area contributed by atoms with Crippen LogP contribution in [0.3, 0.4) is 0 Å². The first-order valence-electron chi connectivity index (χ1n) is 4.98. The lowest BCUT2D eigenvalue weighted by Crippen LogP contribution is -2.44. The standard InChI is InChI=1S/C10H16N2O2/c1-2-10(14)3-4-12(7-10)8-5-11-6-9(8)13/h1,8-9,11,13-14H,3-7H2/t8-,9-,10?/m1/s1. The van der Waals surface area contributed by atoms with Crippen LogP contribution >= 0.6 is 0 Å². The zero-order chi connectivity index (χ0) is 10.2. The highest BCUT2D eigenvalue weighted by atomic mass is 16.3. The van der Waals surface area contributed by atoms with E-state index in [1.54, 1.807) is 0 Å². The van der Waals surface area contributed by atoms with Gasteiger partial charge in [0, 0.05) is 38.6 Å². The Bertz CT molecular complexity index is 263. The lowest BCUT2D eigenvalue weighted by Gasteiger charge is -2.26. The number of terminal acetylenes is 1. The number of aliphatic hydroxyl groups is 2. The van der Waals surface area contributed by atoms with E-state index in [1.165, 1.54) is 0 Å². The predicted molar refractivity (Wildman–Crippen MR) is 52.6 cm³/mol. The van der Waals surface area contributed by atoms with Crippen LogP contribution in [-0.2, 0) is 0 Å². The number of rotatable bonds is 1. The highest BCUT2D eigenvalue weighted by Gasteiger charge is 2.40. The smallest absolute Gasteiger partial charge is 0.139 e. The van der Waals surface area contributed by atoms with Crippen molar-refractivity contribution in [1.29, 1.82) is 0 Å². The molecular formula is C10H16N2O2. The first-order valence-corrected chi connectivity index (χ1v) is 4.98. The Morgan fingerprint density at radius 1 is 1.50 bits per heavy atom. The van der Waals surface area contributed by atoms with Gasteiger partial charge in [-0.15, -0.1) is 6.42 Å². The van der Waals surface area contributed by atoms with Gasteiger partial charge in [-0.1, -0.05) is 5.92 Å². The Hall–Kier alpha value is -0.600. The van der Waals surface area contributed by atoms with Crippen LogP contribution in [0.15, 0.2) is 0 Å². The molecule has 2 saturated heterocycles. The van der Waals surface area contributed by atoms with E-state index in [4.69, 9.17) is 6.42 Å². The summed E-state index contributed by atoms with van der Waals surface area (Å²) in [6, 6.07) is 0.109. The second-order valence-corrected chi connectivity index (χ2v) is 4.19. The molecule has 14 heavy (non-hydrogen) atoms. The molecule has 4 heteroatoms. The van der Waals surface area contributed by atoms with E-state index in [1.807, 2.05) is 0 Å². The molecule has 0 aromatic carbocycles. The Morgan fingerprint density at radius 2 is 2.29 bits per heavy atom. The second kappa shape index (κ2) is 3.52. The minimum absolute atomic E-state index is 0.109. The van der Waals surface area contributed by atoms with Crippen molar-refractivity contribution in [3.05, 3.63) is 0 Å². The van der Waals surface area contributed by atoms with Gasteiger partial charge in [-0.25, -0.2) is 0 Å². The number of likely N-dealkylation sites (tertiary alicyclic amines) is 1. The molecule has 2 fully saturated rings. The van der Waals surface area contributed by atoms with E-state index in [-0.39, 0.29) is 12.1 Å². The molecule has 3 atom stereocenters. The molecular weight excluding hydrogens is 180 g/mol. The minimum Gasteiger partial charge on any atom is -0.390 e. The van der Waals surface area contributed by atoms with Crippen LogP contribution < -0.4 is 5.32 Å². The molecule has 2 aliphatic rings. The number of hydrogen-bond acceptors (Lipinski definition) is 4. The summed E-state index contributed by atoms with van der Waals surface area (Å²) in [7, 11) is 0. The molecule has 2 rings (SSSR count). The Balaban J connectivity index is 1.99. The molecule has 2 heterocycles. The second-order valence-electron chi connectivity index (χ2n) is 4.19. The molecule has 0 saturated carbocycles. The Labute approximate surface area is 83.9 Å². The van der Waals surface area contributed by atoms with Crippen molar-refractivity contribution in [3.63, 3.8) is 0 Å². The van der Waals surface area contributed by atoms with Gasteiger partial charge in [0.05, 0.1) is 6.10 Å². The maximum Gasteiger partial charge on any atom is 0.139 e. The summed E-state index contributed by atoms with van der Waals surface area (Å²) >= 11 is 0. The summed E-state index contributed by atoms with van der Waals surface area (Å²) in [6.07, 6.45) is 5.52. The number of nitrogens with one attached hydrogen (secondary N) is 1. The van der Waals surface area contributed by atoms with Gasteiger partial charge >= 0.3 is 0 Å². The summed E-state index contributed by atoms with van der Waals surface area (Å²) in [5.74, 6) is 2.42. The molecule has 3 N–H and O–H groups in total. The van der Waals surface area contributed by atoms with Crippen LogP contribution in [0.5, 0.6) is 0 Å².